The molecule has 2 aliphatic heterocycles. The zero-order valence-electron chi connectivity index (χ0n) is 18.8. The first kappa shape index (κ1) is 20.9. The molecule has 3 aliphatic rings. The van der Waals surface area contributed by atoms with Crippen LogP contribution in [0.2, 0.25) is 0 Å². The second-order valence-electron chi connectivity index (χ2n) is 8.76. The van der Waals surface area contributed by atoms with Crippen LogP contribution in [0, 0.1) is 0 Å². The number of fused-ring (bicyclic) bond motifs is 3. The topological polar surface area (TPSA) is 21.8 Å². The van der Waals surface area contributed by atoms with E-state index in [9.17, 15) is 0 Å². The summed E-state index contributed by atoms with van der Waals surface area (Å²) < 4.78 is 0. The maximum Gasteiger partial charge on any atom is 0.159 e. The monoisotopic (exact) mass is 434 g/mol. The highest BCUT2D eigenvalue weighted by Crippen LogP contribution is 2.50. The number of rotatable bonds is 10. The summed E-state index contributed by atoms with van der Waals surface area (Å²) in [6, 6.07) is 18.8. The number of nitrogens with one attached hydrogen (secondary N) is 1. The second kappa shape index (κ2) is 9.27. The molecule has 2 aromatic rings. The molecule has 0 saturated heterocycles. The molecular formula is C26H34N4S. The molecule has 1 saturated carbocycles. The number of anilines is 1. The molecule has 4 nitrogen and oxygen atoms in total. The van der Waals surface area contributed by atoms with Crippen molar-refractivity contribution in [1.82, 2.24) is 15.1 Å². The molecule has 0 bridgehead atoms. The summed E-state index contributed by atoms with van der Waals surface area (Å²) in [4.78, 5) is 8.99. The van der Waals surface area contributed by atoms with Crippen molar-refractivity contribution >= 4 is 23.1 Å². The Kier molecular flexibility index (Phi) is 6.26. The van der Waals surface area contributed by atoms with Crippen LogP contribution < -0.4 is 10.2 Å². The van der Waals surface area contributed by atoms with Gasteiger partial charge in [-0.1, -0.05) is 62.0 Å². The molecule has 2 heterocycles. The van der Waals surface area contributed by atoms with E-state index in [2.05, 4.69) is 88.6 Å². The smallest absolute Gasteiger partial charge is 0.159 e. The first-order valence-corrected chi connectivity index (χ1v) is 12.7. The number of thioether (sulfide) groups is 1. The quantitative estimate of drug-likeness (QED) is 0.555. The molecule has 2 aromatic carbocycles. The van der Waals surface area contributed by atoms with Crippen LogP contribution in [0.3, 0.4) is 0 Å². The van der Waals surface area contributed by atoms with Gasteiger partial charge in [-0.2, -0.15) is 0 Å². The number of hydrogen-bond donors (Lipinski definition) is 1. The van der Waals surface area contributed by atoms with E-state index in [1.807, 2.05) is 11.8 Å². The van der Waals surface area contributed by atoms with Crippen molar-refractivity contribution in [3.05, 3.63) is 65.9 Å². The fraction of sp³-hybridized carbons (Fsp3) is 0.462. The van der Waals surface area contributed by atoms with Gasteiger partial charge >= 0.3 is 0 Å². The van der Waals surface area contributed by atoms with Gasteiger partial charge in [0.2, 0.25) is 0 Å². The fourth-order valence-corrected chi connectivity index (χ4v) is 5.86. The van der Waals surface area contributed by atoms with Crippen LogP contribution in [0.4, 0.5) is 5.69 Å². The first-order valence-electron chi connectivity index (χ1n) is 11.8. The molecule has 1 N–H and O–H groups in total. The van der Waals surface area contributed by atoms with Crippen LogP contribution in [0.25, 0.3) is 5.70 Å². The van der Waals surface area contributed by atoms with Crippen molar-refractivity contribution < 1.29 is 0 Å². The number of benzene rings is 2. The third kappa shape index (κ3) is 4.50. The van der Waals surface area contributed by atoms with E-state index >= 15 is 0 Å². The Balaban J connectivity index is 1.35. The molecule has 1 atom stereocenters. The zero-order valence-corrected chi connectivity index (χ0v) is 19.6. The molecular weight excluding hydrogens is 400 g/mol. The summed E-state index contributed by atoms with van der Waals surface area (Å²) in [6.45, 7) is 10.00. The Labute approximate surface area is 191 Å². The van der Waals surface area contributed by atoms with Gasteiger partial charge in [-0.3, -0.25) is 0 Å². The Morgan fingerprint density at radius 3 is 2.55 bits per heavy atom. The van der Waals surface area contributed by atoms with E-state index in [4.69, 9.17) is 0 Å². The standard InChI is InChI=1S/C26H34N4S/c1-3-28(4-2)16-7-17-29-24(19-30-23-8-5-6-9-25(23)31-26(29)30)21-12-10-20(11-13-21)18-27-22-14-15-22/h5-6,8-13,19,22,26-27H,3-4,7,14-18H2,1-2H3. The average molecular weight is 435 g/mol. The van der Waals surface area contributed by atoms with E-state index in [-0.39, 0.29) is 0 Å². The highest BCUT2D eigenvalue weighted by atomic mass is 32.2. The van der Waals surface area contributed by atoms with Crippen molar-refractivity contribution in [2.75, 3.05) is 31.1 Å². The Hall–Kier alpha value is -1.95. The summed E-state index contributed by atoms with van der Waals surface area (Å²) in [5.74, 6) is 0. The lowest BCUT2D eigenvalue weighted by Gasteiger charge is -2.30. The zero-order chi connectivity index (χ0) is 21.2. The molecule has 5 rings (SSSR count). The van der Waals surface area contributed by atoms with Crippen molar-refractivity contribution in [2.24, 2.45) is 0 Å². The maximum absolute atomic E-state index is 3.62. The molecule has 0 radical (unpaired) electrons. The minimum Gasteiger partial charge on any atom is -0.340 e. The van der Waals surface area contributed by atoms with E-state index < -0.39 is 0 Å². The summed E-state index contributed by atoms with van der Waals surface area (Å²) in [5, 5.41) is 3.62. The van der Waals surface area contributed by atoms with Gasteiger partial charge in [0, 0.05) is 30.2 Å². The van der Waals surface area contributed by atoms with Crippen LogP contribution in [-0.4, -0.2) is 47.5 Å². The van der Waals surface area contributed by atoms with E-state index in [1.165, 1.54) is 46.7 Å². The third-order valence-electron chi connectivity index (χ3n) is 6.64. The highest BCUT2D eigenvalue weighted by Gasteiger charge is 2.39. The van der Waals surface area contributed by atoms with Crippen LogP contribution in [0.5, 0.6) is 0 Å². The lowest BCUT2D eigenvalue weighted by Crippen LogP contribution is -2.36. The van der Waals surface area contributed by atoms with Gasteiger partial charge in [0.1, 0.15) is 0 Å². The number of nitrogens with zero attached hydrogens (tertiary/aromatic N) is 3. The summed E-state index contributed by atoms with van der Waals surface area (Å²) in [6.07, 6.45) is 6.23. The van der Waals surface area contributed by atoms with Gasteiger partial charge in [0.25, 0.3) is 0 Å². The minimum atomic E-state index is 0.334. The lowest BCUT2D eigenvalue weighted by molar-refractivity contribution is 0.278. The Bertz CT molecular complexity index is 917. The summed E-state index contributed by atoms with van der Waals surface area (Å²) >= 11 is 1.98. The van der Waals surface area contributed by atoms with Crippen molar-refractivity contribution in [3.63, 3.8) is 0 Å². The predicted molar refractivity (Wildman–Crippen MR) is 132 cm³/mol. The van der Waals surface area contributed by atoms with Crippen LogP contribution >= 0.6 is 11.8 Å². The largest absolute Gasteiger partial charge is 0.340 e. The van der Waals surface area contributed by atoms with Crippen molar-refractivity contribution in [1.29, 1.82) is 0 Å². The third-order valence-corrected chi connectivity index (χ3v) is 7.93. The fourth-order valence-electron chi connectivity index (χ4n) is 4.55. The molecule has 31 heavy (non-hydrogen) atoms. The molecule has 164 valence electrons. The molecule has 1 aliphatic carbocycles. The highest BCUT2D eigenvalue weighted by molar-refractivity contribution is 8.00. The van der Waals surface area contributed by atoms with Gasteiger partial charge in [-0.15, -0.1) is 0 Å². The van der Waals surface area contributed by atoms with Crippen LogP contribution in [0.15, 0.2) is 59.6 Å². The van der Waals surface area contributed by atoms with Gasteiger partial charge in [-0.05, 0) is 62.2 Å². The first-order chi connectivity index (χ1) is 15.3. The minimum absolute atomic E-state index is 0.334. The summed E-state index contributed by atoms with van der Waals surface area (Å²) in [7, 11) is 0. The lowest BCUT2D eigenvalue weighted by atomic mass is 10.1. The van der Waals surface area contributed by atoms with Gasteiger partial charge in [0.15, 0.2) is 5.50 Å². The Morgan fingerprint density at radius 1 is 1.03 bits per heavy atom. The molecule has 1 unspecified atom stereocenters. The molecule has 0 spiro atoms. The molecule has 5 heteroatoms. The van der Waals surface area contributed by atoms with Crippen molar-refractivity contribution in [2.45, 2.75) is 56.1 Å². The van der Waals surface area contributed by atoms with Crippen molar-refractivity contribution in [3.8, 4) is 0 Å². The summed E-state index contributed by atoms with van der Waals surface area (Å²) in [5.41, 5.74) is 5.73. The molecule has 1 fully saturated rings. The van der Waals surface area contributed by atoms with Gasteiger partial charge in [0.05, 0.1) is 11.4 Å². The molecule has 0 aromatic heterocycles. The average Bonchev–Trinajstić information content (AvgIpc) is 3.48. The van der Waals surface area contributed by atoms with E-state index in [0.717, 1.165) is 38.8 Å². The Morgan fingerprint density at radius 2 is 1.81 bits per heavy atom. The maximum atomic E-state index is 3.62. The number of para-hydroxylation sites is 1. The normalized spacial score (nSPS) is 19.7. The van der Waals surface area contributed by atoms with E-state index in [1.54, 1.807) is 0 Å². The second-order valence-corrected chi connectivity index (χ2v) is 9.86. The van der Waals surface area contributed by atoms with Crippen LogP contribution in [-0.2, 0) is 6.54 Å². The van der Waals surface area contributed by atoms with Crippen LogP contribution in [0.1, 0.15) is 44.2 Å². The number of hydrogen-bond acceptors (Lipinski definition) is 5. The molecule has 0 amide bonds. The SMILES string of the molecule is CCN(CC)CCCN1C(c2ccc(CNC3CC3)cc2)=CN2c3ccccc3SC12. The van der Waals surface area contributed by atoms with Gasteiger partial charge in [-0.25, -0.2) is 0 Å². The van der Waals surface area contributed by atoms with E-state index in [0.29, 0.717) is 5.50 Å². The van der Waals surface area contributed by atoms with Gasteiger partial charge < -0.3 is 20.0 Å². The predicted octanol–water partition coefficient (Wildman–Crippen LogP) is 5.18.